The number of hydrogen-bond donors (Lipinski definition) is 2. The summed E-state index contributed by atoms with van der Waals surface area (Å²) in [5, 5.41) is 8.87. The van der Waals surface area contributed by atoms with Crippen LogP contribution >= 0.6 is 0 Å². The van der Waals surface area contributed by atoms with Crippen LogP contribution in [0.5, 0.6) is 5.75 Å². The van der Waals surface area contributed by atoms with Crippen LogP contribution in [0.25, 0.3) is 0 Å². The summed E-state index contributed by atoms with van der Waals surface area (Å²) in [5.74, 6) is -0.546. The van der Waals surface area contributed by atoms with Gasteiger partial charge in [0.1, 0.15) is 5.75 Å². The smallest absolute Gasteiger partial charge is 0.363 e. The van der Waals surface area contributed by atoms with Crippen LogP contribution in [0, 0.1) is 0 Å². The molecule has 4 heteroatoms. The average Bonchev–Trinajstić information content (AvgIpc) is 2.17. The molecule has 0 aliphatic carbocycles. The van der Waals surface area contributed by atoms with Crippen LogP contribution in [0.2, 0.25) is 0 Å². The largest absolute Gasteiger partial charge is 0.477 e. The molecular weight excluding hydrogens is 182 g/mol. The van der Waals surface area contributed by atoms with E-state index in [4.69, 9.17) is 15.6 Å². The Morgan fingerprint density at radius 3 is 2.93 bits per heavy atom. The fourth-order valence-electron chi connectivity index (χ4n) is 1.53. The fourth-order valence-corrected chi connectivity index (χ4v) is 1.53. The normalized spacial score (nSPS) is 24.9. The molecule has 1 atom stereocenters. The topological polar surface area (TPSA) is 72.6 Å². The molecule has 4 nitrogen and oxygen atoms in total. The zero-order chi connectivity index (χ0) is 10.2. The van der Waals surface area contributed by atoms with Gasteiger partial charge in [0.2, 0.25) is 0 Å². The van der Waals surface area contributed by atoms with Crippen molar-refractivity contribution in [3.63, 3.8) is 0 Å². The second-order valence-electron chi connectivity index (χ2n) is 3.40. The highest BCUT2D eigenvalue weighted by Gasteiger charge is 2.39. The highest BCUT2D eigenvalue weighted by molar-refractivity contribution is 5.77. The monoisotopic (exact) mass is 193 g/mol. The molecule has 0 spiro atoms. The first-order chi connectivity index (χ1) is 6.62. The highest BCUT2D eigenvalue weighted by Crippen LogP contribution is 2.30. The number of benzene rings is 1. The maximum Gasteiger partial charge on any atom is 0.363 e. The number of aryl methyl sites for hydroxylation is 1. The lowest BCUT2D eigenvalue weighted by atomic mass is 9.98. The van der Waals surface area contributed by atoms with Gasteiger partial charge in [-0.05, 0) is 18.1 Å². The molecular formula is C10H11NO3. The molecule has 3 N–H and O–H groups in total. The summed E-state index contributed by atoms with van der Waals surface area (Å²) in [6.07, 6.45) is 0.943. The maximum atomic E-state index is 10.8. The minimum Gasteiger partial charge on any atom is -0.477 e. The van der Waals surface area contributed by atoms with Crippen molar-refractivity contribution in [2.45, 2.75) is 18.6 Å². The number of nitrogens with two attached hydrogens (primary N) is 1. The summed E-state index contributed by atoms with van der Waals surface area (Å²) < 4.78 is 5.26. The van der Waals surface area contributed by atoms with E-state index >= 15 is 0 Å². The molecule has 0 fully saturated rings. The zero-order valence-corrected chi connectivity index (χ0v) is 7.56. The molecule has 74 valence electrons. The Hall–Kier alpha value is -1.55. The standard InChI is InChI=1S/C10H11NO3/c11-10(9(12)13)6-5-7-3-1-2-4-8(7)14-10/h1-4H,5-6,11H2,(H,12,13). The van der Waals surface area contributed by atoms with Gasteiger partial charge >= 0.3 is 5.97 Å². The molecule has 0 amide bonds. The molecule has 1 heterocycles. The van der Waals surface area contributed by atoms with E-state index < -0.39 is 11.7 Å². The summed E-state index contributed by atoms with van der Waals surface area (Å²) in [4.78, 5) is 10.8. The van der Waals surface area contributed by atoms with Gasteiger partial charge in [-0.15, -0.1) is 0 Å². The van der Waals surface area contributed by atoms with E-state index in [1.54, 1.807) is 12.1 Å². The third kappa shape index (κ3) is 1.33. The van der Waals surface area contributed by atoms with Gasteiger partial charge in [0.05, 0.1) is 0 Å². The molecule has 0 aromatic heterocycles. The van der Waals surface area contributed by atoms with Crippen molar-refractivity contribution >= 4 is 5.97 Å². The van der Waals surface area contributed by atoms with Crippen LogP contribution in [-0.2, 0) is 11.2 Å². The van der Waals surface area contributed by atoms with Gasteiger partial charge in [0.15, 0.2) is 0 Å². The molecule has 0 saturated carbocycles. The number of carbonyl (C=O) groups is 1. The number of rotatable bonds is 1. The van der Waals surface area contributed by atoms with Gasteiger partial charge in [0.25, 0.3) is 5.72 Å². The number of aliphatic carboxylic acids is 1. The van der Waals surface area contributed by atoms with E-state index in [0.29, 0.717) is 18.6 Å². The van der Waals surface area contributed by atoms with Crippen molar-refractivity contribution < 1.29 is 14.6 Å². The van der Waals surface area contributed by atoms with Crippen molar-refractivity contribution in [1.29, 1.82) is 0 Å². The van der Waals surface area contributed by atoms with Crippen molar-refractivity contribution in [1.82, 2.24) is 0 Å². The van der Waals surface area contributed by atoms with Crippen LogP contribution in [0.15, 0.2) is 24.3 Å². The number of hydrogen-bond acceptors (Lipinski definition) is 3. The van der Waals surface area contributed by atoms with Gasteiger partial charge < -0.3 is 9.84 Å². The lowest BCUT2D eigenvalue weighted by molar-refractivity contribution is -0.156. The first kappa shape index (κ1) is 9.02. The first-order valence-electron chi connectivity index (χ1n) is 4.41. The second-order valence-corrected chi connectivity index (χ2v) is 3.40. The molecule has 1 aromatic rings. The maximum absolute atomic E-state index is 10.8. The first-order valence-corrected chi connectivity index (χ1v) is 4.41. The van der Waals surface area contributed by atoms with Crippen LogP contribution in [0.1, 0.15) is 12.0 Å². The van der Waals surface area contributed by atoms with Crippen molar-refractivity contribution in [2.24, 2.45) is 5.73 Å². The molecule has 1 aliphatic rings. The van der Waals surface area contributed by atoms with Gasteiger partial charge in [-0.25, -0.2) is 4.79 Å². The van der Waals surface area contributed by atoms with Crippen molar-refractivity contribution in [3.8, 4) is 5.75 Å². The minimum atomic E-state index is -1.56. The Morgan fingerprint density at radius 2 is 2.21 bits per heavy atom. The number of carboxylic acids is 1. The number of fused-ring (bicyclic) bond motifs is 1. The Balaban J connectivity index is 2.34. The number of carboxylic acid groups (broad SMARTS) is 1. The van der Waals surface area contributed by atoms with Crippen LogP contribution in [0.4, 0.5) is 0 Å². The van der Waals surface area contributed by atoms with Crippen LogP contribution < -0.4 is 10.5 Å². The Labute approximate surface area is 81.3 Å². The molecule has 0 saturated heterocycles. The Kier molecular flexibility index (Phi) is 1.93. The highest BCUT2D eigenvalue weighted by atomic mass is 16.5. The predicted octanol–water partition coefficient (Wildman–Crippen LogP) is 0.751. The molecule has 14 heavy (non-hydrogen) atoms. The van der Waals surface area contributed by atoms with Gasteiger partial charge in [0, 0.05) is 6.42 Å². The molecule has 1 aromatic carbocycles. The predicted molar refractivity (Wildman–Crippen MR) is 49.9 cm³/mol. The van der Waals surface area contributed by atoms with E-state index in [-0.39, 0.29) is 0 Å². The molecule has 0 radical (unpaired) electrons. The van der Waals surface area contributed by atoms with Crippen LogP contribution in [-0.4, -0.2) is 16.8 Å². The summed E-state index contributed by atoms with van der Waals surface area (Å²) in [5.41, 5.74) is 5.04. The third-order valence-electron chi connectivity index (χ3n) is 2.39. The SMILES string of the molecule is NC1(C(=O)O)CCc2ccccc2O1. The number of para-hydroxylation sites is 1. The quantitative estimate of drug-likeness (QED) is 0.690. The molecule has 1 aliphatic heterocycles. The lowest BCUT2D eigenvalue weighted by Crippen LogP contribution is -2.55. The summed E-state index contributed by atoms with van der Waals surface area (Å²) in [7, 11) is 0. The van der Waals surface area contributed by atoms with Gasteiger partial charge in [-0.1, -0.05) is 18.2 Å². The van der Waals surface area contributed by atoms with Crippen molar-refractivity contribution in [2.75, 3.05) is 0 Å². The molecule has 1 unspecified atom stereocenters. The third-order valence-corrected chi connectivity index (χ3v) is 2.39. The van der Waals surface area contributed by atoms with E-state index in [0.717, 1.165) is 5.56 Å². The zero-order valence-electron chi connectivity index (χ0n) is 7.56. The van der Waals surface area contributed by atoms with Crippen LogP contribution in [0.3, 0.4) is 0 Å². The van der Waals surface area contributed by atoms with E-state index in [1.165, 1.54) is 0 Å². The van der Waals surface area contributed by atoms with Crippen molar-refractivity contribution in [3.05, 3.63) is 29.8 Å². The Morgan fingerprint density at radius 1 is 1.50 bits per heavy atom. The summed E-state index contributed by atoms with van der Waals surface area (Å²) in [6, 6.07) is 7.34. The van der Waals surface area contributed by atoms with Gasteiger partial charge in [-0.2, -0.15) is 0 Å². The minimum absolute atomic E-state index is 0.305. The second kappa shape index (κ2) is 2.99. The van der Waals surface area contributed by atoms with Gasteiger partial charge in [-0.3, -0.25) is 5.73 Å². The summed E-state index contributed by atoms with van der Waals surface area (Å²) in [6.45, 7) is 0. The molecule has 2 rings (SSSR count). The average molecular weight is 193 g/mol. The fraction of sp³-hybridized carbons (Fsp3) is 0.300. The lowest BCUT2D eigenvalue weighted by Gasteiger charge is -2.31. The van der Waals surface area contributed by atoms with E-state index in [1.807, 2.05) is 12.1 Å². The number of ether oxygens (including phenoxy) is 1. The van der Waals surface area contributed by atoms with E-state index in [2.05, 4.69) is 0 Å². The summed E-state index contributed by atoms with van der Waals surface area (Å²) >= 11 is 0. The molecule has 0 bridgehead atoms. The van der Waals surface area contributed by atoms with E-state index in [9.17, 15) is 4.79 Å². The Bertz CT molecular complexity index is 377.